The Morgan fingerprint density at radius 3 is 2.81 bits per heavy atom. The third-order valence-corrected chi connectivity index (χ3v) is 2.30. The SMILES string of the molecule is O=C(Nc1ccnc(Cl)c1)c1cc(Cl)c[nH]1. The van der Waals surface area contributed by atoms with Gasteiger partial charge in [0.1, 0.15) is 10.8 Å². The van der Waals surface area contributed by atoms with E-state index in [9.17, 15) is 4.79 Å². The summed E-state index contributed by atoms with van der Waals surface area (Å²) in [5.74, 6) is -0.283. The molecule has 0 aliphatic heterocycles. The Morgan fingerprint density at radius 1 is 1.38 bits per heavy atom. The highest BCUT2D eigenvalue weighted by Crippen LogP contribution is 2.14. The molecule has 0 radical (unpaired) electrons. The number of anilines is 1. The van der Waals surface area contributed by atoms with Crippen LogP contribution in [0.3, 0.4) is 0 Å². The van der Waals surface area contributed by atoms with Crippen molar-refractivity contribution in [2.75, 3.05) is 5.32 Å². The van der Waals surface area contributed by atoms with Crippen molar-refractivity contribution in [3.63, 3.8) is 0 Å². The quantitative estimate of drug-likeness (QED) is 0.811. The zero-order chi connectivity index (χ0) is 11.5. The molecule has 1 amide bonds. The Labute approximate surface area is 102 Å². The van der Waals surface area contributed by atoms with Gasteiger partial charge in [-0.3, -0.25) is 4.79 Å². The Kier molecular flexibility index (Phi) is 3.12. The van der Waals surface area contributed by atoms with E-state index in [4.69, 9.17) is 23.2 Å². The molecule has 0 saturated heterocycles. The number of hydrogen-bond acceptors (Lipinski definition) is 2. The molecule has 0 aliphatic rings. The largest absolute Gasteiger partial charge is 0.356 e. The molecular formula is C10H7Cl2N3O. The average Bonchev–Trinajstić information content (AvgIpc) is 2.65. The minimum atomic E-state index is -0.283. The first-order valence-electron chi connectivity index (χ1n) is 4.42. The first-order chi connectivity index (χ1) is 7.65. The van der Waals surface area contributed by atoms with Gasteiger partial charge in [-0.15, -0.1) is 0 Å². The highest BCUT2D eigenvalue weighted by Gasteiger charge is 2.08. The van der Waals surface area contributed by atoms with Gasteiger partial charge in [0, 0.05) is 18.1 Å². The maximum Gasteiger partial charge on any atom is 0.272 e. The van der Waals surface area contributed by atoms with Crippen molar-refractivity contribution in [3.8, 4) is 0 Å². The number of hydrogen-bond donors (Lipinski definition) is 2. The summed E-state index contributed by atoms with van der Waals surface area (Å²) in [5, 5.41) is 3.46. The van der Waals surface area contributed by atoms with Crippen molar-refractivity contribution in [3.05, 3.63) is 46.5 Å². The number of aromatic amines is 1. The summed E-state index contributed by atoms with van der Waals surface area (Å²) < 4.78 is 0. The molecule has 82 valence electrons. The second kappa shape index (κ2) is 4.55. The Balaban J connectivity index is 2.13. The summed E-state index contributed by atoms with van der Waals surface area (Å²) in [7, 11) is 0. The molecule has 0 aromatic carbocycles. The van der Waals surface area contributed by atoms with Crippen LogP contribution in [0.1, 0.15) is 10.5 Å². The van der Waals surface area contributed by atoms with E-state index in [1.165, 1.54) is 12.4 Å². The maximum atomic E-state index is 11.7. The van der Waals surface area contributed by atoms with Gasteiger partial charge in [0.2, 0.25) is 0 Å². The lowest BCUT2D eigenvalue weighted by Gasteiger charge is -2.02. The van der Waals surface area contributed by atoms with E-state index in [-0.39, 0.29) is 5.91 Å². The molecule has 0 bridgehead atoms. The van der Waals surface area contributed by atoms with E-state index >= 15 is 0 Å². The van der Waals surface area contributed by atoms with Crippen LogP contribution in [0.4, 0.5) is 5.69 Å². The van der Waals surface area contributed by atoms with Crippen LogP contribution < -0.4 is 5.32 Å². The molecule has 2 heterocycles. The van der Waals surface area contributed by atoms with Crippen molar-refractivity contribution < 1.29 is 4.79 Å². The summed E-state index contributed by atoms with van der Waals surface area (Å²) in [6, 6.07) is 4.75. The molecule has 0 saturated carbocycles. The van der Waals surface area contributed by atoms with Crippen LogP contribution in [-0.4, -0.2) is 15.9 Å². The molecule has 0 fully saturated rings. The van der Waals surface area contributed by atoms with Crippen molar-refractivity contribution in [2.24, 2.45) is 0 Å². The van der Waals surface area contributed by atoms with E-state index in [0.29, 0.717) is 21.6 Å². The molecule has 2 N–H and O–H groups in total. The normalized spacial score (nSPS) is 10.1. The van der Waals surface area contributed by atoms with Gasteiger partial charge in [-0.05, 0) is 18.2 Å². The van der Waals surface area contributed by atoms with Crippen LogP contribution in [0.25, 0.3) is 0 Å². The number of pyridine rings is 1. The van der Waals surface area contributed by atoms with Crippen molar-refractivity contribution in [2.45, 2.75) is 0 Å². The zero-order valence-electron chi connectivity index (χ0n) is 8.00. The van der Waals surface area contributed by atoms with E-state index in [1.54, 1.807) is 18.2 Å². The average molecular weight is 256 g/mol. The van der Waals surface area contributed by atoms with Gasteiger partial charge in [-0.1, -0.05) is 23.2 Å². The summed E-state index contributed by atoms with van der Waals surface area (Å²) in [5.41, 5.74) is 0.966. The highest BCUT2D eigenvalue weighted by molar-refractivity contribution is 6.31. The second-order valence-corrected chi connectivity index (χ2v) is 3.88. The minimum Gasteiger partial charge on any atom is -0.356 e. The first-order valence-corrected chi connectivity index (χ1v) is 5.17. The Bertz CT molecular complexity index is 524. The van der Waals surface area contributed by atoms with E-state index in [1.807, 2.05) is 0 Å². The monoisotopic (exact) mass is 255 g/mol. The smallest absolute Gasteiger partial charge is 0.272 e. The predicted molar refractivity (Wildman–Crippen MR) is 63.0 cm³/mol. The number of halogens is 2. The Morgan fingerprint density at radius 2 is 2.19 bits per heavy atom. The van der Waals surface area contributed by atoms with Gasteiger partial charge in [0.25, 0.3) is 5.91 Å². The number of aromatic nitrogens is 2. The number of nitrogens with one attached hydrogen (secondary N) is 2. The number of rotatable bonds is 2. The topological polar surface area (TPSA) is 57.8 Å². The molecule has 4 nitrogen and oxygen atoms in total. The van der Waals surface area contributed by atoms with Crippen LogP contribution in [0.15, 0.2) is 30.6 Å². The van der Waals surface area contributed by atoms with E-state index in [0.717, 1.165) is 0 Å². The highest BCUT2D eigenvalue weighted by atomic mass is 35.5. The van der Waals surface area contributed by atoms with Gasteiger partial charge < -0.3 is 10.3 Å². The minimum absolute atomic E-state index is 0.283. The fourth-order valence-corrected chi connectivity index (χ4v) is 1.52. The number of carbonyl (C=O) groups is 1. The molecule has 2 aromatic rings. The molecule has 0 atom stereocenters. The molecule has 2 aromatic heterocycles. The number of carbonyl (C=O) groups excluding carboxylic acids is 1. The molecule has 0 aliphatic carbocycles. The Hall–Kier alpha value is -1.52. The lowest BCUT2D eigenvalue weighted by molar-refractivity contribution is 0.102. The summed E-state index contributed by atoms with van der Waals surface area (Å²) in [6.07, 6.45) is 3.05. The third-order valence-electron chi connectivity index (χ3n) is 1.88. The summed E-state index contributed by atoms with van der Waals surface area (Å²) in [6.45, 7) is 0. The molecular weight excluding hydrogens is 249 g/mol. The fourth-order valence-electron chi connectivity index (χ4n) is 1.18. The first kappa shape index (κ1) is 11.0. The van der Waals surface area contributed by atoms with Crippen molar-refractivity contribution in [1.29, 1.82) is 0 Å². The van der Waals surface area contributed by atoms with E-state index in [2.05, 4.69) is 15.3 Å². The molecule has 0 unspecified atom stereocenters. The van der Waals surface area contributed by atoms with Gasteiger partial charge in [0.05, 0.1) is 5.02 Å². The lowest BCUT2D eigenvalue weighted by atomic mass is 10.3. The maximum absolute atomic E-state index is 11.7. The zero-order valence-corrected chi connectivity index (χ0v) is 9.51. The molecule has 6 heteroatoms. The van der Waals surface area contributed by atoms with Gasteiger partial charge in [-0.25, -0.2) is 4.98 Å². The van der Waals surface area contributed by atoms with Crippen LogP contribution >= 0.6 is 23.2 Å². The third kappa shape index (κ3) is 2.53. The van der Waals surface area contributed by atoms with Gasteiger partial charge in [-0.2, -0.15) is 0 Å². The van der Waals surface area contributed by atoms with Crippen LogP contribution in [0.5, 0.6) is 0 Å². The lowest BCUT2D eigenvalue weighted by Crippen LogP contribution is -2.12. The number of nitrogens with zero attached hydrogens (tertiary/aromatic N) is 1. The number of H-pyrrole nitrogens is 1. The fraction of sp³-hybridized carbons (Fsp3) is 0. The number of amides is 1. The van der Waals surface area contributed by atoms with Crippen LogP contribution in [-0.2, 0) is 0 Å². The molecule has 16 heavy (non-hydrogen) atoms. The van der Waals surface area contributed by atoms with Crippen molar-refractivity contribution in [1.82, 2.24) is 9.97 Å². The van der Waals surface area contributed by atoms with Gasteiger partial charge >= 0.3 is 0 Å². The molecule has 0 spiro atoms. The van der Waals surface area contributed by atoms with Crippen molar-refractivity contribution >= 4 is 34.8 Å². The van der Waals surface area contributed by atoms with Crippen LogP contribution in [0, 0.1) is 0 Å². The van der Waals surface area contributed by atoms with Crippen LogP contribution in [0.2, 0.25) is 10.2 Å². The molecule has 2 rings (SSSR count). The second-order valence-electron chi connectivity index (χ2n) is 3.05. The summed E-state index contributed by atoms with van der Waals surface area (Å²) in [4.78, 5) is 18.2. The predicted octanol–water partition coefficient (Wildman–Crippen LogP) is 2.97. The standard InChI is InChI=1S/C10H7Cl2N3O/c11-6-3-8(14-5-6)10(16)15-7-1-2-13-9(12)4-7/h1-5,14H,(H,13,15,16). The van der Waals surface area contributed by atoms with Gasteiger partial charge in [0.15, 0.2) is 0 Å². The summed E-state index contributed by atoms with van der Waals surface area (Å²) >= 11 is 11.4. The van der Waals surface area contributed by atoms with E-state index < -0.39 is 0 Å².